The molecule has 0 saturated heterocycles. The molecule has 7 heteroatoms. The predicted octanol–water partition coefficient (Wildman–Crippen LogP) is 2.13. The fraction of sp³-hybridized carbons (Fsp3) is 0.250. The molecule has 1 rings (SSSR count). The number of pyridine rings is 1. The normalized spacial score (nSPS) is 10.1. The van der Waals surface area contributed by atoms with E-state index in [1.165, 1.54) is 7.11 Å². The lowest BCUT2D eigenvalue weighted by Crippen LogP contribution is -2.13. The summed E-state index contributed by atoms with van der Waals surface area (Å²) in [5.41, 5.74) is 5.68. The Hall–Kier alpha value is -0.190. The Labute approximate surface area is 113 Å². The fourth-order valence-electron chi connectivity index (χ4n) is 0.933. The number of nitrogens with two attached hydrogens (primary N) is 1. The lowest BCUT2D eigenvalue weighted by atomic mass is 10.2. The van der Waals surface area contributed by atoms with Gasteiger partial charge in [0.1, 0.15) is 0 Å². The number of aromatic nitrogens is 1. The van der Waals surface area contributed by atoms with E-state index in [9.17, 15) is 9.18 Å². The molecule has 0 saturated carbocycles. The van der Waals surface area contributed by atoms with Crippen LogP contribution in [0.4, 0.5) is 10.1 Å². The topological polar surface area (TPSA) is 65.2 Å². The van der Waals surface area contributed by atoms with Crippen LogP contribution in [0.1, 0.15) is 16.2 Å². The molecule has 4 nitrogen and oxygen atoms in total. The summed E-state index contributed by atoms with van der Waals surface area (Å²) in [5.74, 6) is -1.18. The first-order valence-corrected chi connectivity index (χ1v) is 6.41. The van der Waals surface area contributed by atoms with Gasteiger partial charge in [-0.2, -0.15) is 0 Å². The lowest BCUT2D eigenvalue weighted by molar-refractivity contribution is 0.0592. The first kappa shape index (κ1) is 12.9. The zero-order chi connectivity index (χ0) is 11.6. The molecule has 0 aromatic carbocycles. The second-order valence-corrected chi connectivity index (χ2v) is 4.42. The Morgan fingerprint density at radius 2 is 2.27 bits per heavy atom. The summed E-state index contributed by atoms with van der Waals surface area (Å²) in [6.07, 6.45) is 0. The van der Waals surface area contributed by atoms with Crippen LogP contribution in [-0.4, -0.2) is 18.1 Å². The van der Waals surface area contributed by atoms with Crippen molar-refractivity contribution >= 4 is 56.8 Å². The summed E-state index contributed by atoms with van der Waals surface area (Å²) >= 11 is 3.72. The largest absolute Gasteiger partial charge is 0.464 e. The summed E-state index contributed by atoms with van der Waals surface area (Å²) in [5, 5.41) is 0. The van der Waals surface area contributed by atoms with E-state index in [0.29, 0.717) is 4.43 Å². The summed E-state index contributed by atoms with van der Waals surface area (Å²) in [7, 11) is 1.24. The van der Waals surface area contributed by atoms with E-state index >= 15 is 0 Å². The van der Waals surface area contributed by atoms with Crippen LogP contribution in [-0.2, 0) is 9.16 Å². The van der Waals surface area contributed by atoms with Gasteiger partial charge in [0.25, 0.3) is 0 Å². The first-order valence-electron chi connectivity index (χ1n) is 3.80. The molecule has 0 bridgehead atoms. The van der Waals surface area contributed by atoms with Crippen LogP contribution in [0.25, 0.3) is 0 Å². The van der Waals surface area contributed by atoms with Crippen LogP contribution < -0.4 is 5.73 Å². The number of hydrogen-bond donors (Lipinski definition) is 1. The van der Waals surface area contributed by atoms with E-state index < -0.39 is 11.8 Å². The molecule has 1 heterocycles. The van der Waals surface area contributed by atoms with Crippen molar-refractivity contribution in [3.05, 3.63) is 20.8 Å². The molecule has 15 heavy (non-hydrogen) atoms. The molecule has 82 valence electrons. The second-order valence-electron chi connectivity index (χ2n) is 2.57. The third kappa shape index (κ3) is 2.49. The molecule has 0 spiro atoms. The van der Waals surface area contributed by atoms with Gasteiger partial charge >= 0.3 is 5.97 Å². The maximum atomic E-state index is 13.5. The molecule has 0 aliphatic carbocycles. The standard InChI is InChI=1S/C8H7FI2N2O2/c1-15-8(14)7-5(11)6(12)4(9)3(2-10)13-7/h2H2,1H3,(H2,12,13). The molecule has 0 atom stereocenters. The Morgan fingerprint density at radius 1 is 1.67 bits per heavy atom. The van der Waals surface area contributed by atoms with Crippen molar-refractivity contribution < 1.29 is 13.9 Å². The third-order valence-electron chi connectivity index (χ3n) is 1.69. The molecule has 0 aliphatic heterocycles. The maximum absolute atomic E-state index is 13.5. The number of esters is 1. The Kier molecular flexibility index (Phi) is 4.49. The van der Waals surface area contributed by atoms with Gasteiger partial charge < -0.3 is 10.5 Å². The number of nitrogen functional groups attached to an aromatic ring is 1. The van der Waals surface area contributed by atoms with Gasteiger partial charge in [0.15, 0.2) is 11.5 Å². The first-order chi connectivity index (χ1) is 7.02. The highest BCUT2D eigenvalue weighted by molar-refractivity contribution is 14.1. The zero-order valence-electron chi connectivity index (χ0n) is 7.68. The van der Waals surface area contributed by atoms with Crippen molar-refractivity contribution in [3.8, 4) is 0 Å². The highest BCUT2D eigenvalue weighted by Gasteiger charge is 2.20. The van der Waals surface area contributed by atoms with Gasteiger partial charge in [0.05, 0.1) is 22.1 Å². The van der Waals surface area contributed by atoms with E-state index in [2.05, 4.69) is 9.72 Å². The van der Waals surface area contributed by atoms with Crippen LogP contribution in [0.15, 0.2) is 0 Å². The van der Waals surface area contributed by atoms with Crippen LogP contribution in [0.2, 0.25) is 0 Å². The van der Waals surface area contributed by atoms with E-state index in [0.717, 1.165) is 0 Å². The third-order valence-corrected chi connectivity index (χ3v) is 3.50. The monoisotopic (exact) mass is 436 g/mol. The molecule has 0 amide bonds. The van der Waals surface area contributed by atoms with Crippen molar-refractivity contribution in [3.63, 3.8) is 0 Å². The number of carbonyl (C=O) groups is 1. The number of methoxy groups -OCH3 is 1. The lowest BCUT2D eigenvalue weighted by Gasteiger charge is -2.08. The molecule has 2 N–H and O–H groups in total. The SMILES string of the molecule is COC(=O)c1nc(CI)c(F)c(N)c1I. The van der Waals surface area contributed by atoms with Crippen molar-refractivity contribution in [1.82, 2.24) is 4.98 Å². The van der Waals surface area contributed by atoms with Gasteiger partial charge in [0.2, 0.25) is 0 Å². The molecular weight excluding hydrogens is 429 g/mol. The Balaban J connectivity index is 3.41. The predicted molar refractivity (Wildman–Crippen MR) is 70.4 cm³/mol. The summed E-state index contributed by atoms with van der Waals surface area (Å²) < 4.78 is 18.6. The van der Waals surface area contributed by atoms with E-state index in [4.69, 9.17) is 5.73 Å². The van der Waals surface area contributed by atoms with Gasteiger partial charge in [-0.15, -0.1) is 0 Å². The highest BCUT2D eigenvalue weighted by atomic mass is 127. The summed E-state index contributed by atoms with van der Waals surface area (Å²) in [6.45, 7) is 0. The van der Waals surface area contributed by atoms with Crippen molar-refractivity contribution in [1.29, 1.82) is 0 Å². The second kappa shape index (κ2) is 5.23. The molecule has 0 unspecified atom stereocenters. The highest BCUT2D eigenvalue weighted by Crippen LogP contribution is 2.25. The smallest absolute Gasteiger partial charge is 0.357 e. The minimum absolute atomic E-state index is 0.0577. The molecule has 0 fully saturated rings. The summed E-state index contributed by atoms with van der Waals surface area (Å²) in [6, 6.07) is 0. The maximum Gasteiger partial charge on any atom is 0.357 e. The van der Waals surface area contributed by atoms with Gasteiger partial charge in [-0.1, -0.05) is 22.6 Å². The molecule has 0 radical (unpaired) electrons. The average Bonchev–Trinajstić information content (AvgIpc) is 2.25. The van der Waals surface area contributed by atoms with Gasteiger partial charge in [-0.05, 0) is 22.6 Å². The zero-order valence-corrected chi connectivity index (χ0v) is 12.0. The van der Waals surface area contributed by atoms with E-state index in [1.807, 2.05) is 22.6 Å². The Bertz CT molecular complexity index is 412. The number of anilines is 1. The van der Waals surface area contributed by atoms with Gasteiger partial charge in [-0.25, -0.2) is 14.2 Å². The van der Waals surface area contributed by atoms with Gasteiger partial charge in [-0.3, -0.25) is 0 Å². The fourth-order valence-corrected chi connectivity index (χ4v) is 2.02. The number of alkyl halides is 1. The Morgan fingerprint density at radius 3 is 2.73 bits per heavy atom. The molecule has 1 aromatic heterocycles. The average molecular weight is 436 g/mol. The quantitative estimate of drug-likeness (QED) is 0.439. The number of carbonyl (C=O) groups excluding carboxylic acids is 1. The minimum Gasteiger partial charge on any atom is -0.464 e. The van der Waals surface area contributed by atoms with Crippen molar-refractivity contribution in [2.75, 3.05) is 12.8 Å². The van der Waals surface area contributed by atoms with Crippen molar-refractivity contribution in [2.45, 2.75) is 4.43 Å². The van der Waals surface area contributed by atoms with Crippen LogP contribution in [0.3, 0.4) is 0 Å². The number of nitrogens with zero attached hydrogens (tertiary/aromatic N) is 1. The number of halogens is 3. The molecule has 0 aliphatic rings. The number of ether oxygens (including phenoxy) is 1. The van der Waals surface area contributed by atoms with Crippen LogP contribution in [0.5, 0.6) is 0 Å². The van der Waals surface area contributed by atoms with Gasteiger partial charge in [0, 0.05) is 4.43 Å². The van der Waals surface area contributed by atoms with Crippen LogP contribution in [0, 0.1) is 9.39 Å². The number of hydrogen-bond acceptors (Lipinski definition) is 4. The minimum atomic E-state index is -0.614. The molecular formula is C8H7FI2N2O2. The summed E-state index contributed by atoms with van der Waals surface area (Å²) in [4.78, 5) is 15.2. The van der Waals surface area contributed by atoms with Crippen LogP contribution >= 0.6 is 45.2 Å². The number of rotatable bonds is 2. The van der Waals surface area contributed by atoms with Crippen molar-refractivity contribution in [2.24, 2.45) is 0 Å². The van der Waals surface area contributed by atoms with E-state index in [1.54, 1.807) is 22.6 Å². The van der Waals surface area contributed by atoms with E-state index in [-0.39, 0.29) is 20.6 Å². The molecule has 1 aromatic rings.